The maximum absolute atomic E-state index is 12.6. The van der Waals surface area contributed by atoms with Crippen LogP contribution in [0, 0.1) is 6.92 Å². The highest BCUT2D eigenvalue weighted by Gasteiger charge is 2.18. The van der Waals surface area contributed by atoms with Gasteiger partial charge in [-0.25, -0.2) is 13.1 Å². The summed E-state index contributed by atoms with van der Waals surface area (Å²) in [6.07, 6.45) is 0.0775. The summed E-state index contributed by atoms with van der Waals surface area (Å²) in [4.78, 5) is 0.248. The lowest BCUT2D eigenvalue weighted by atomic mass is 10.1. The molecular weight excluding hydrogens is 442 g/mol. The molecule has 0 radical (unpaired) electrons. The van der Waals surface area contributed by atoms with E-state index < -0.39 is 10.0 Å². The van der Waals surface area contributed by atoms with Gasteiger partial charge in [0, 0.05) is 18.0 Å². The maximum atomic E-state index is 12.6. The molecule has 6 heteroatoms. The highest BCUT2D eigenvalue weighted by atomic mass is 35.5. The molecule has 0 heterocycles. The van der Waals surface area contributed by atoms with Gasteiger partial charge in [0.25, 0.3) is 0 Å². The summed E-state index contributed by atoms with van der Waals surface area (Å²) in [7, 11) is -3.60. The third-order valence-corrected chi connectivity index (χ3v) is 6.96. The number of sulfonamides is 1. The molecule has 164 valence electrons. The molecule has 0 aromatic heterocycles. The minimum absolute atomic E-state index is 0.223. The van der Waals surface area contributed by atoms with E-state index in [-0.39, 0.29) is 17.5 Å². The second kappa shape index (κ2) is 9.74. The van der Waals surface area contributed by atoms with Crippen LogP contribution in [-0.4, -0.2) is 15.0 Å². The Bertz CT molecular complexity index is 1320. The monoisotopic (exact) mass is 465 g/mol. The first-order chi connectivity index (χ1) is 15.4. The second-order valence-electron chi connectivity index (χ2n) is 7.67. The number of benzene rings is 4. The molecule has 4 aromatic rings. The van der Waals surface area contributed by atoms with E-state index in [0.717, 1.165) is 27.6 Å². The van der Waals surface area contributed by atoms with Crippen LogP contribution in [0.1, 0.15) is 23.7 Å². The topological polar surface area (TPSA) is 55.4 Å². The standard InChI is InChI=1S/C26H24ClNO3S/c1-19-9-13-25(14-10-19)32(29,30)28-16-15-26(22-7-4-8-23(27)17-22)31-24-12-11-20-5-2-3-6-21(20)18-24/h2-14,17-18,26,28H,15-16H2,1H3. The highest BCUT2D eigenvalue weighted by molar-refractivity contribution is 7.89. The van der Waals surface area contributed by atoms with Crippen molar-refractivity contribution in [3.63, 3.8) is 0 Å². The Morgan fingerprint density at radius 1 is 0.875 bits per heavy atom. The summed E-state index contributed by atoms with van der Waals surface area (Å²) in [5.41, 5.74) is 1.90. The number of fused-ring (bicyclic) bond motifs is 1. The fourth-order valence-corrected chi connectivity index (χ4v) is 4.78. The number of halogens is 1. The maximum Gasteiger partial charge on any atom is 0.240 e. The number of hydrogen-bond donors (Lipinski definition) is 1. The first-order valence-electron chi connectivity index (χ1n) is 10.4. The minimum Gasteiger partial charge on any atom is -0.486 e. The molecule has 0 amide bonds. The van der Waals surface area contributed by atoms with Gasteiger partial charge >= 0.3 is 0 Å². The molecule has 0 aliphatic rings. The third-order valence-electron chi connectivity index (χ3n) is 5.25. The predicted molar refractivity (Wildman–Crippen MR) is 130 cm³/mol. The summed E-state index contributed by atoms with van der Waals surface area (Å²) in [5, 5.41) is 2.81. The average Bonchev–Trinajstić information content (AvgIpc) is 2.78. The van der Waals surface area contributed by atoms with Gasteiger partial charge in [0.2, 0.25) is 10.0 Å². The summed E-state index contributed by atoms with van der Waals surface area (Å²) in [5.74, 6) is 0.718. The van der Waals surface area contributed by atoms with Gasteiger partial charge in [0.05, 0.1) is 4.90 Å². The Balaban J connectivity index is 1.52. The van der Waals surface area contributed by atoms with Gasteiger partial charge in [-0.3, -0.25) is 0 Å². The molecule has 0 fully saturated rings. The minimum atomic E-state index is -3.60. The van der Waals surface area contributed by atoms with Crippen molar-refractivity contribution in [2.75, 3.05) is 6.54 Å². The predicted octanol–water partition coefficient (Wildman–Crippen LogP) is 6.29. The number of hydrogen-bond acceptors (Lipinski definition) is 3. The van der Waals surface area contributed by atoms with Crippen molar-refractivity contribution in [1.82, 2.24) is 4.72 Å². The number of nitrogens with one attached hydrogen (secondary N) is 1. The summed E-state index contributed by atoms with van der Waals surface area (Å²) in [6, 6.07) is 28.2. The van der Waals surface area contributed by atoms with Crippen molar-refractivity contribution in [2.24, 2.45) is 0 Å². The van der Waals surface area contributed by atoms with Gasteiger partial charge < -0.3 is 4.74 Å². The smallest absolute Gasteiger partial charge is 0.240 e. The van der Waals surface area contributed by atoms with Crippen LogP contribution >= 0.6 is 11.6 Å². The largest absolute Gasteiger partial charge is 0.486 e. The van der Waals surface area contributed by atoms with E-state index in [4.69, 9.17) is 16.3 Å². The zero-order valence-corrected chi connectivity index (χ0v) is 19.2. The lowest BCUT2D eigenvalue weighted by molar-refractivity contribution is 0.196. The number of rotatable bonds is 8. The molecule has 32 heavy (non-hydrogen) atoms. The Labute approximate surface area is 193 Å². The molecule has 0 aliphatic carbocycles. The van der Waals surface area contributed by atoms with Crippen LogP contribution in [0.5, 0.6) is 5.75 Å². The van der Waals surface area contributed by atoms with Crippen LogP contribution in [0.15, 0.2) is 95.9 Å². The van der Waals surface area contributed by atoms with Crippen molar-refractivity contribution >= 4 is 32.4 Å². The van der Waals surface area contributed by atoms with Gasteiger partial charge in [-0.05, 0) is 59.7 Å². The molecule has 1 atom stereocenters. The van der Waals surface area contributed by atoms with E-state index >= 15 is 0 Å². The van der Waals surface area contributed by atoms with Gasteiger partial charge in [-0.1, -0.05) is 71.8 Å². The first-order valence-corrected chi connectivity index (χ1v) is 12.2. The van der Waals surface area contributed by atoms with Crippen molar-refractivity contribution in [2.45, 2.75) is 24.3 Å². The lowest BCUT2D eigenvalue weighted by Gasteiger charge is -2.20. The molecule has 1 N–H and O–H groups in total. The van der Waals surface area contributed by atoms with Crippen LogP contribution in [0.2, 0.25) is 5.02 Å². The Morgan fingerprint density at radius 2 is 1.62 bits per heavy atom. The van der Waals surface area contributed by atoms with Crippen LogP contribution in [0.4, 0.5) is 0 Å². The first kappa shape index (κ1) is 22.3. The van der Waals surface area contributed by atoms with E-state index in [9.17, 15) is 8.42 Å². The summed E-state index contributed by atoms with van der Waals surface area (Å²) in [6.45, 7) is 2.14. The van der Waals surface area contributed by atoms with Crippen LogP contribution in [0.25, 0.3) is 10.8 Å². The third kappa shape index (κ3) is 5.49. The number of aryl methyl sites for hydroxylation is 1. The van der Waals surface area contributed by atoms with Crippen molar-refractivity contribution in [3.8, 4) is 5.75 Å². The molecule has 0 spiro atoms. The molecule has 0 saturated heterocycles. The van der Waals surface area contributed by atoms with E-state index in [2.05, 4.69) is 4.72 Å². The second-order valence-corrected chi connectivity index (χ2v) is 9.87. The molecule has 0 saturated carbocycles. The summed E-state index contributed by atoms with van der Waals surface area (Å²) < 4.78 is 34.3. The van der Waals surface area contributed by atoms with E-state index in [1.54, 1.807) is 30.3 Å². The Hall–Kier alpha value is -2.86. The quantitative estimate of drug-likeness (QED) is 0.332. The molecule has 1 unspecified atom stereocenters. The van der Waals surface area contributed by atoms with Gasteiger partial charge in [0.1, 0.15) is 11.9 Å². The SMILES string of the molecule is Cc1ccc(S(=O)(=O)NCCC(Oc2ccc3ccccc3c2)c2cccc(Cl)c2)cc1. The molecular formula is C26H24ClNO3S. The fraction of sp³-hybridized carbons (Fsp3) is 0.154. The van der Waals surface area contributed by atoms with Gasteiger partial charge in [-0.2, -0.15) is 0 Å². The summed E-state index contributed by atoms with van der Waals surface area (Å²) >= 11 is 6.20. The van der Waals surface area contributed by atoms with Crippen LogP contribution < -0.4 is 9.46 Å². The molecule has 0 aliphatic heterocycles. The van der Waals surface area contributed by atoms with E-state index in [1.807, 2.05) is 67.6 Å². The molecule has 4 nitrogen and oxygen atoms in total. The number of ether oxygens (including phenoxy) is 1. The van der Waals surface area contributed by atoms with Crippen molar-refractivity contribution in [1.29, 1.82) is 0 Å². The van der Waals surface area contributed by atoms with E-state index in [0.29, 0.717) is 11.4 Å². The normalized spacial score (nSPS) is 12.6. The molecule has 0 bridgehead atoms. The fourth-order valence-electron chi connectivity index (χ4n) is 3.53. The molecule has 4 rings (SSSR count). The van der Waals surface area contributed by atoms with Crippen LogP contribution in [0.3, 0.4) is 0 Å². The van der Waals surface area contributed by atoms with Gasteiger partial charge in [0.15, 0.2) is 0 Å². The van der Waals surface area contributed by atoms with E-state index in [1.165, 1.54) is 0 Å². The van der Waals surface area contributed by atoms with Gasteiger partial charge in [-0.15, -0.1) is 0 Å². The van der Waals surface area contributed by atoms with Crippen molar-refractivity contribution < 1.29 is 13.2 Å². The highest BCUT2D eigenvalue weighted by Crippen LogP contribution is 2.29. The zero-order chi connectivity index (χ0) is 22.6. The Morgan fingerprint density at radius 3 is 2.38 bits per heavy atom. The van der Waals surface area contributed by atoms with Crippen molar-refractivity contribution in [3.05, 3.63) is 107 Å². The lowest BCUT2D eigenvalue weighted by Crippen LogP contribution is -2.27. The molecule has 4 aromatic carbocycles. The zero-order valence-electron chi connectivity index (χ0n) is 17.7. The average molecular weight is 466 g/mol. The van der Waals surface area contributed by atoms with Crippen LogP contribution in [-0.2, 0) is 10.0 Å². The Kier molecular flexibility index (Phi) is 6.80.